The van der Waals surface area contributed by atoms with E-state index < -0.39 is 6.10 Å². The summed E-state index contributed by atoms with van der Waals surface area (Å²) in [5.74, 6) is -0.876. The Morgan fingerprint density at radius 2 is 0.444 bits per heavy atom. The smallest absolute Gasteiger partial charge is 0.306 e. The van der Waals surface area contributed by atoms with Crippen molar-refractivity contribution in [2.45, 2.75) is 374 Å². The third-order valence-corrected chi connectivity index (χ3v) is 15.7. The van der Waals surface area contributed by atoms with Crippen molar-refractivity contribution >= 4 is 17.9 Å². The van der Waals surface area contributed by atoms with Crippen molar-refractivity contribution in [2.75, 3.05) is 13.2 Å². The first-order valence-electron chi connectivity index (χ1n) is 35.4. The summed E-state index contributed by atoms with van der Waals surface area (Å²) in [5.41, 5.74) is 0. The van der Waals surface area contributed by atoms with Gasteiger partial charge in [0.1, 0.15) is 13.2 Å². The van der Waals surface area contributed by atoms with E-state index in [1.54, 1.807) is 0 Å². The van der Waals surface area contributed by atoms with Gasteiger partial charge >= 0.3 is 17.9 Å². The van der Waals surface area contributed by atoms with Crippen LogP contribution in [0.2, 0.25) is 0 Å². The number of hydrogen-bond donors (Lipinski definition) is 0. The van der Waals surface area contributed by atoms with Crippen molar-refractivity contribution in [2.24, 2.45) is 0 Å². The van der Waals surface area contributed by atoms with E-state index in [-0.39, 0.29) is 31.1 Å². The van der Waals surface area contributed by atoms with E-state index in [4.69, 9.17) is 14.2 Å². The van der Waals surface area contributed by atoms with Gasteiger partial charge in [0.15, 0.2) is 6.10 Å². The van der Waals surface area contributed by atoms with Gasteiger partial charge in [-0.3, -0.25) is 14.4 Å². The minimum atomic E-state index is -0.785. The van der Waals surface area contributed by atoms with Crippen LogP contribution in [0.3, 0.4) is 0 Å². The van der Waals surface area contributed by atoms with Crippen molar-refractivity contribution < 1.29 is 28.6 Å². The van der Waals surface area contributed by atoms with E-state index in [0.717, 1.165) is 89.9 Å². The largest absolute Gasteiger partial charge is 0.462 e. The van der Waals surface area contributed by atoms with Gasteiger partial charge in [0.2, 0.25) is 0 Å². The molecule has 0 amide bonds. The van der Waals surface area contributed by atoms with E-state index in [1.165, 1.54) is 238 Å². The van der Waals surface area contributed by atoms with Gasteiger partial charge in [-0.25, -0.2) is 0 Å². The van der Waals surface area contributed by atoms with Gasteiger partial charge in [-0.05, 0) is 116 Å². The zero-order valence-electron chi connectivity index (χ0n) is 54.1. The molecular weight excluding hydrogens is 997 g/mol. The lowest BCUT2D eigenvalue weighted by molar-refractivity contribution is -0.167. The van der Waals surface area contributed by atoms with E-state index in [9.17, 15) is 14.4 Å². The Labute approximate surface area is 503 Å². The molecule has 0 aromatic rings. The van der Waals surface area contributed by atoms with Crippen LogP contribution in [0, 0.1) is 0 Å². The first-order valence-corrected chi connectivity index (χ1v) is 35.4. The highest BCUT2D eigenvalue weighted by molar-refractivity contribution is 5.71. The molecule has 0 saturated heterocycles. The van der Waals surface area contributed by atoms with E-state index in [2.05, 4.69) is 93.7 Å². The molecule has 470 valence electrons. The fourth-order valence-electron chi connectivity index (χ4n) is 10.3. The Kier molecular flexibility index (Phi) is 66.6. The Morgan fingerprint density at radius 1 is 0.247 bits per heavy atom. The highest BCUT2D eigenvalue weighted by atomic mass is 16.6. The van der Waals surface area contributed by atoms with Gasteiger partial charge in [-0.1, -0.05) is 306 Å². The van der Waals surface area contributed by atoms with Crippen LogP contribution in [0.4, 0.5) is 0 Å². The number of esters is 3. The molecule has 0 heterocycles. The van der Waals surface area contributed by atoms with Gasteiger partial charge in [0.05, 0.1) is 0 Å². The summed E-state index contributed by atoms with van der Waals surface area (Å²) < 4.78 is 17.0. The minimum absolute atomic E-state index is 0.0793. The standard InChI is InChI=1S/C75H134O6/c1-4-7-10-13-16-19-22-25-28-30-32-34-36-37-39-40-42-44-47-50-53-56-59-62-65-68-74(77)80-71-72(70-79-73(76)67-64-61-58-55-52-49-46-27-24-21-18-15-12-9-6-3)81-75(78)69-66-63-60-57-54-51-48-45-43-41-38-35-33-31-29-26-23-20-17-14-11-8-5-2/h22-23,25-27,30-33,38,41,46,72H,4-21,24,28-29,34-37,39-40,42-45,47-71H2,1-3H3/b25-22-,26-23-,32-30-,33-31-,41-38-,46-27-. The Balaban J connectivity index is 4.33. The van der Waals surface area contributed by atoms with E-state index in [1.807, 2.05) is 0 Å². The Morgan fingerprint density at radius 3 is 0.704 bits per heavy atom. The second-order valence-electron chi connectivity index (χ2n) is 23.8. The topological polar surface area (TPSA) is 78.9 Å². The van der Waals surface area contributed by atoms with E-state index in [0.29, 0.717) is 19.3 Å². The molecule has 0 N–H and O–H groups in total. The number of allylic oxidation sites excluding steroid dienone is 12. The third-order valence-electron chi connectivity index (χ3n) is 15.7. The third kappa shape index (κ3) is 67.5. The molecule has 6 heteroatoms. The molecule has 0 aliphatic rings. The number of carbonyl (C=O) groups is 3. The maximum Gasteiger partial charge on any atom is 0.306 e. The predicted octanol–water partition coefficient (Wildman–Crippen LogP) is 24.4. The minimum Gasteiger partial charge on any atom is -0.462 e. The summed E-state index contributed by atoms with van der Waals surface area (Å²) in [5, 5.41) is 0. The lowest BCUT2D eigenvalue weighted by Crippen LogP contribution is -2.30. The monoisotopic (exact) mass is 1130 g/mol. The van der Waals surface area contributed by atoms with Gasteiger partial charge in [-0.15, -0.1) is 0 Å². The number of unbranched alkanes of at least 4 members (excludes halogenated alkanes) is 42. The number of hydrogen-bond acceptors (Lipinski definition) is 6. The summed E-state index contributed by atoms with van der Waals surface area (Å²) in [6, 6.07) is 0. The van der Waals surface area contributed by atoms with Crippen molar-refractivity contribution in [3.8, 4) is 0 Å². The lowest BCUT2D eigenvalue weighted by atomic mass is 10.0. The SMILES string of the molecule is CCCCCCC/C=C\C/C=C\C/C=C\CCCCCCCCCCC(=O)OC(COC(=O)CCCCCCC/C=C\CCCCCCCC)COC(=O)CCCCCCCCCCCCCCC/C=C\C/C=C\CCCCCCC. The number of carbonyl (C=O) groups excluding carboxylic acids is 3. The van der Waals surface area contributed by atoms with Crippen molar-refractivity contribution in [3.05, 3.63) is 72.9 Å². The van der Waals surface area contributed by atoms with Crippen LogP contribution in [0.1, 0.15) is 367 Å². The van der Waals surface area contributed by atoms with Crippen LogP contribution in [0.5, 0.6) is 0 Å². The van der Waals surface area contributed by atoms with Crippen LogP contribution in [0.25, 0.3) is 0 Å². The second-order valence-corrected chi connectivity index (χ2v) is 23.8. The lowest BCUT2D eigenvalue weighted by Gasteiger charge is -2.18. The molecule has 81 heavy (non-hydrogen) atoms. The molecule has 0 fully saturated rings. The molecule has 6 nitrogen and oxygen atoms in total. The average Bonchev–Trinajstić information content (AvgIpc) is 3.47. The molecule has 0 spiro atoms. The first-order chi connectivity index (χ1) is 40.0. The number of rotatable bonds is 65. The molecule has 0 rings (SSSR count). The summed E-state index contributed by atoms with van der Waals surface area (Å²) in [6.45, 7) is 6.65. The Bertz CT molecular complexity index is 1490. The van der Waals surface area contributed by atoms with Crippen LogP contribution in [-0.2, 0) is 28.6 Å². The second kappa shape index (κ2) is 69.3. The van der Waals surface area contributed by atoms with Crippen LogP contribution < -0.4 is 0 Å². The fourth-order valence-corrected chi connectivity index (χ4v) is 10.3. The van der Waals surface area contributed by atoms with Crippen molar-refractivity contribution in [1.82, 2.24) is 0 Å². The van der Waals surface area contributed by atoms with E-state index >= 15 is 0 Å². The van der Waals surface area contributed by atoms with Gasteiger partial charge in [0, 0.05) is 19.3 Å². The summed E-state index contributed by atoms with van der Waals surface area (Å²) >= 11 is 0. The summed E-state index contributed by atoms with van der Waals surface area (Å²) in [4.78, 5) is 38.5. The van der Waals surface area contributed by atoms with Crippen molar-refractivity contribution in [3.63, 3.8) is 0 Å². The molecule has 0 radical (unpaired) electrons. The summed E-state index contributed by atoms with van der Waals surface area (Å²) in [6.07, 6.45) is 90.6. The van der Waals surface area contributed by atoms with Gasteiger partial charge in [-0.2, -0.15) is 0 Å². The van der Waals surface area contributed by atoms with Crippen LogP contribution in [-0.4, -0.2) is 37.2 Å². The maximum absolute atomic E-state index is 13.0. The molecular formula is C75H134O6. The first kappa shape index (κ1) is 77.9. The quantitative estimate of drug-likeness (QED) is 0.0261. The summed E-state index contributed by atoms with van der Waals surface area (Å²) in [7, 11) is 0. The van der Waals surface area contributed by atoms with Crippen LogP contribution in [0.15, 0.2) is 72.9 Å². The predicted molar refractivity (Wildman–Crippen MR) is 353 cm³/mol. The van der Waals surface area contributed by atoms with Crippen molar-refractivity contribution in [1.29, 1.82) is 0 Å². The molecule has 0 saturated carbocycles. The normalized spacial score (nSPS) is 12.5. The fraction of sp³-hybridized carbons (Fsp3) is 0.800. The molecule has 0 aromatic carbocycles. The van der Waals surface area contributed by atoms with Crippen LogP contribution >= 0.6 is 0 Å². The average molecular weight is 1130 g/mol. The zero-order valence-corrected chi connectivity index (χ0v) is 54.1. The molecule has 0 aromatic heterocycles. The Hall–Kier alpha value is -3.15. The molecule has 0 bridgehead atoms. The molecule has 0 aliphatic heterocycles. The van der Waals surface area contributed by atoms with Gasteiger partial charge in [0.25, 0.3) is 0 Å². The molecule has 1 unspecified atom stereocenters. The molecule has 0 aliphatic carbocycles. The molecule has 1 atom stereocenters. The van der Waals surface area contributed by atoms with Gasteiger partial charge < -0.3 is 14.2 Å². The number of ether oxygens (including phenoxy) is 3. The maximum atomic E-state index is 13.0. The zero-order chi connectivity index (χ0) is 58.5. The highest BCUT2D eigenvalue weighted by Gasteiger charge is 2.19. The highest BCUT2D eigenvalue weighted by Crippen LogP contribution is 2.17.